The molecule has 2 aromatic carbocycles. The number of benzene rings is 2. The number of rotatable bonds is 5. The van der Waals surface area contributed by atoms with Crippen LogP contribution < -0.4 is 10.1 Å². The van der Waals surface area contributed by atoms with Crippen molar-refractivity contribution in [2.75, 3.05) is 13.2 Å². The van der Waals surface area contributed by atoms with Crippen LogP contribution in [-0.4, -0.2) is 29.9 Å². The molecule has 0 radical (unpaired) electrons. The average Bonchev–Trinajstić information content (AvgIpc) is 2.42. The van der Waals surface area contributed by atoms with Crippen LogP contribution in [0.2, 0.25) is 0 Å². The molecule has 108 valence electrons. The fourth-order valence-electron chi connectivity index (χ4n) is 1.93. The molecule has 0 aromatic heterocycles. The van der Waals surface area contributed by atoms with Crippen LogP contribution in [0.4, 0.5) is 0 Å². The van der Waals surface area contributed by atoms with E-state index in [0.29, 0.717) is 13.2 Å². The second kappa shape index (κ2) is 6.25. The highest BCUT2D eigenvalue weighted by Crippen LogP contribution is 2.20. The van der Waals surface area contributed by atoms with Crippen LogP contribution in [0, 0.1) is 0 Å². The zero-order chi connectivity index (χ0) is 14.6. The summed E-state index contributed by atoms with van der Waals surface area (Å²) in [6.45, 7) is 7.04. The van der Waals surface area contributed by atoms with E-state index >= 15 is 0 Å². The van der Waals surface area contributed by atoms with Crippen LogP contribution in [0.15, 0.2) is 42.5 Å². The zero-order valence-electron chi connectivity index (χ0n) is 12.4. The molecule has 0 bridgehead atoms. The molecule has 3 heteroatoms. The van der Waals surface area contributed by atoms with Gasteiger partial charge in [-0.15, -0.1) is 0 Å². The number of hydrogen-bond acceptors (Lipinski definition) is 3. The maximum Gasteiger partial charge on any atom is 0.120 e. The highest BCUT2D eigenvalue weighted by atomic mass is 16.5. The maximum absolute atomic E-state index is 9.90. The van der Waals surface area contributed by atoms with Crippen molar-refractivity contribution in [3.8, 4) is 5.75 Å². The Kier molecular flexibility index (Phi) is 4.63. The maximum atomic E-state index is 9.90. The van der Waals surface area contributed by atoms with Gasteiger partial charge in [0.25, 0.3) is 0 Å². The van der Waals surface area contributed by atoms with Crippen LogP contribution in [0.1, 0.15) is 20.8 Å². The molecule has 1 atom stereocenters. The van der Waals surface area contributed by atoms with E-state index in [1.165, 1.54) is 5.39 Å². The summed E-state index contributed by atoms with van der Waals surface area (Å²) < 4.78 is 5.65. The lowest BCUT2D eigenvalue weighted by molar-refractivity contribution is 0.100. The van der Waals surface area contributed by atoms with Gasteiger partial charge in [0, 0.05) is 12.1 Å². The molecule has 0 spiro atoms. The number of fused-ring (bicyclic) bond motifs is 1. The van der Waals surface area contributed by atoms with Gasteiger partial charge in [0.2, 0.25) is 0 Å². The van der Waals surface area contributed by atoms with E-state index in [2.05, 4.69) is 38.2 Å². The molecule has 3 nitrogen and oxygen atoms in total. The molecule has 0 aliphatic rings. The van der Waals surface area contributed by atoms with E-state index in [1.807, 2.05) is 30.3 Å². The predicted molar refractivity (Wildman–Crippen MR) is 83.2 cm³/mol. The van der Waals surface area contributed by atoms with E-state index < -0.39 is 6.10 Å². The minimum absolute atomic E-state index is 0.00390. The van der Waals surface area contributed by atoms with E-state index in [-0.39, 0.29) is 5.54 Å². The van der Waals surface area contributed by atoms with Gasteiger partial charge in [-0.2, -0.15) is 0 Å². The molecule has 0 aliphatic carbocycles. The molecular formula is C17H23NO2. The standard InChI is InChI=1S/C17H23NO2/c1-17(2,3)18-11-15(19)12-20-16-9-8-13-6-4-5-7-14(13)10-16/h4-10,15,18-19H,11-12H2,1-3H3/t15-/m1/s1. The molecule has 0 amide bonds. The molecular weight excluding hydrogens is 250 g/mol. The third kappa shape index (κ3) is 4.51. The second-order valence-corrected chi connectivity index (χ2v) is 6.10. The summed E-state index contributed by atoms with van der Waals surface area (Å²) >= 11 is 0. The number of ether oxygens (including phenoxy) is 1. The summed E-state index contributed by atoms with van der Waals surface area (Å²) in [5, 5.41) is 15.5. The lowest BCUT2D eigenvalue weighted by atomic mass is 10.1. The molecule has 2 N–H and O–H groups in total. The first kappa shape index (κ1) is 14.8. The highest BCUT2D eigenvalue weighted by Gasteiger charge is 2.12. The van der Waals surface area contributed by atoms with Gasteiger partial charge < -0.3 is 15.2 Å². The van der Waals surface area contributed by atoms with Crippen LogP contribution in [0.25, 0.3) is 10.8 Å². The summed E-state index contributed by atoms with van der Waals surface area (Å²) in [4.78, 5) is 0. The smallest absolute Gasteiger partial charge is 0.120 e. The van der Waals surface area contributed by atoms with Crippen molar-refractivity contribution < 1.29 is 9.84 Å². The molecule has 0 saturated carbocycles. The highest BCUT2D eigenvalue weighted by molar-refractivity contribution is 5.83. The van der Waals surface area contributed by atoms with Crippen molar-refractivity contribution in [1.82, 2.24) is 5.32 Å². The Morgan fingerprint density at radius 1 is 1.10 bits per heavy atom. The summed E-state index contributed by atoms with van der Waals surface area (Å²) in [6.07, 6.45) is -0.513. The zero-order valence-corrected chi connectivity index (χ0v) is 12.4. The van der Waals surface area contributed by atoms with Gasteiger partial charge in [0.1, 0.15) is 18.5 Å². The first-order valence-electron chi connectivity index (χ1n) is 6.99. The van der Waals surface area contributed by atoms with Gasteiger partial charge in [-0.05, 0) is 43.7 Å². The molecule has 20 heavy (non-hydrogen) atoms. The Morgan fingerprint density at radius 2 is 1.80 bits per heavy atom. The quantitative estimate of drug-likeness (QED) is 0.880. The monoisotopic (exact) mass is 273 g/mol. The van der Waals surface area contributed by atoms with Crippen molar-refractivity contribution in [2.24, 2.45) is 0 Å². The molecule has 0 heterocycles. The molecule has 0 saturated heterocycles. The summed E-state index contributed by atoms with van der Waals surface area (Å²) in [5.74, 6) is 0.790. The third-order valence-corrected chi connectivity index (χ3v) is 3.03. The number of aliphatic hydroxyl groups excluding tert-OH is 1. The summed E-state index contributed by atoms with van der Waals surface area (Å²) in [6, 6.07) is 14.1. The second-order valence-electron chi connectivity index (χ2n) is 6.10. The van der Waals surface area contributed by atoms with E-state index in [1.54, 1.807) is 0 Å². The van der Waals surface area contributed by atoms with Gasteiger partial charge >= 0.3 is 0 Å². The Labute approximate surface area is 120 Å². The molecule has 0 unspecified atom stereocenters. The Morgan fingerprint density at radius 3 is 2.50 bits per heavy atom. The molecule has 0 aliphatic heterocycles. The number of aliphatic hydroxyl groups is 1. The lowest BCUT2D eigenvalue weighted by Gasteiger charge is -2.23. The van der Waals surface area contributed by atoms with Gasteiger partial charge in [-0.3, -0.25) is 0 Å². The first-order valence-corrected chi connectivity index (χ1v) is 6.99. The largest absolute Gasteiger partial charge is 0.491 e. The van der Waals surface area contributed by atoms with Crippen LogP contribution in [-0.2, 0) is 0 Å². The predicted octanol–water partition coefficient (Wildman–Crippen LogP) is 2.97. The minimum Gasteiger partial charge on any atom is -0.491 e. The number of nitrogens with one attached hydrogen (secondary N) is 1. The van der Waals surface area contributed by atoms with Crippen LogP contribution in [0.5, 0.6) is 5.75 Å². The Balaban J connectivity index is 1.89. The Hall–Kier alpha value is -1.58. The molecule has 2 rings (SSSR count). The molecule has 2 aromatic rings. The van der Waals surface area contributed by atoms with Crippen molar-refractivity contribution in [3.63, 3.8) is 0 Å². The SMILES string of the molecule is CC(C)(C)NC[C@@H](O)COc1ccc2ccccc2c1. The number of β-amino-alcohol motifs (C(OH)–C–C–N with tert-alkyl or cyclic N) is 1. The summed E-state index contributed by atoms with van der Waals surface area (Å²) in [7, 11) is 0. The Bertz CT molecular complexity index is 560. The summed E-state index contributed by atoms with van der Waals surface area (Å²) in [5.41, 5.74) is 0.00390. The van der Waals surface area contributed by atoms with Crippen molar-refractivity contribution in [3.05, 3.63) is 42.5 Å². The fraction of sp³-hybridized carbons (Fsp3) is 0.412. The van der Waals surface area contributed by atoms with Crippen molar-refractivity contribution in [1.29, 1.82) is 0 Å². The average molecular weight is 273 g/mol. The normalized spacial score (nSPS) is 13.4. The fourth-order valence-corrected chi connectivity index (χ4v) is 1.93. The first-order chi connectivity index (χ1) is 9.44. The number of hydrogen-bond donors (Lipinski definition) is 2. The lowest BCUT2D eigenvalue weighted by Crippen LogP contribution is -2.42. The van der Waals surface area contributed by atoms with Gasteiger partial charge in [0.05, 0.1) is 0 Å². The third-order valence-electron chi connectivity index (χ3n) is 3.03. The van der Waals surface area contributed by atoms with Gasteiger partial charge in [0.15, 0.2) is 0 Å². The van der Waals surface area contributed by atoms with Crippen molar-refractivity contribution in [2.45, 2.75) is 32.4 Å². The minimum atomic E-state index is -0.513. The van der Waals surface area contributed by atoms with Gasteiger partial charge in [-0.25, -0.2) is 0 Å². The van der Waals surface area contributed by atoms with E-state index in [4.69, 9.17) is 4.74 Å². The van der Waals surface area contributed by atoms with E-state index in [9.17, 15) is 5.11 Å². The topological polar surface area (TPSA) is 41.5 Å². The molecule has 0 fully saturated rings. The van der Waals surface area contributed by atoms with E-state index in [0.717, 1.165) is 11.1 Å². The van der Waals surface area contributed by atoms with Gasteiger partial charge in [-0.1, -0.05) is 30.3 Å². The van der Waals surface area contributed by atoms with Crippen LogP contribution in [0.3, 0.4) is 0 Å². The van der Waals surface area contributed by atoms with Crippen molar-refractivity contribution >= 4 is 10.8 Å². The van der Waals surface area contributed by atoms with Crippen LogP contribution >= 0.6 is 0 Å².